The predicted molar refractivity (Wildman–Crippen MR) is 114 cm³/mol. The molecule has 2 aromatic carbocycles. The molecule has 0 bridgehead atoms. The van der Waals surface area contributed by atoms with Gasteiger partial charge in [-0.3, -0.25) is 0 Å². The summed E-state index contributed by atoms with van der Waals surface area (Å²) >= 11 is 0. The van der Waals surface area contributed by atoms with Gasteiger partial charge in [0.25, 0.3) is 0 Å². The minimum atomic E-state index is -3.78. The monoisotopic (exact) mass is 419 g/mol. The lowest BCUT2D eigenvalue weighted by molar-refractivity contribution is 0.172. The maximum Gasteiger partial charge on any atom is 0.219 e. The lowest BCUT2D eigenvalue weighted by Crippen LogP contribution is -2.42. The van der Waals surface area contributed by atoms with Crippen LogP contribution in [-0.2, 0) is 23.1 Å². The average Bonchev–Trinajstić information content (AvgIpc) is 2.73. The van der Waals surface area contributed by atoms with E-state index in [0.717, 1.165) is 11.1 Å². The van der Waals surface area contributed by atoms with Gasteiger partial charge >= 0.3 is 0 Å². The molecule has 158 valence electrons. The molecule has 2 rings (SSSR count). The fourth-order valence-corrected chi connectivity index (χ4v) is 4.54. The summed E-state index contributed by atoms with van der Waals surface area (Å²) in [5.41, 5.74) is 1.65. The summed E-state index contributed by atoms with van der Waals surface area (Å²) in [6.45, 7) is 5.48. The highest BCUT2D eigenvalue weighted by molar-refractivity contribution is 7.89. The first-order valence-corrected chi connectivity index (χ1v) is 10.9. The first-order valence-electron chi connectivity index (χ1n) is 9.35. The molecule has 7 heteroatoms. The van der Waals surface area contributed by atoms with E-state index in [-0.39, 0.29) is 19.5 Å². The molecule has 2 atom stereocenters. The lowest BCUT2D eigenvalue weighted by atomic mass is 10.2. The van der Waals surface area contributed by atoms with Crippen LogP contribution in [0.1, 0.15) is 24.5 Å². The molecule has 0 aliphatic rings. The molecule has 1 N–H and O–H groups in total. The van der Waals surface area contributed by atoms with Crippen molar-refractivity contribution in [3.63, 3.8) is 0 Å². The van der Waals surface area contributed by atoms with Gasteiger partial charge in [0.15, 0.2) is 0 Å². The van der Waals surface area contributed by atoms with Crippen molar-refractivity contribution in [3.8, 4) is 11.5 Å². The van der Waals surface area contributed by atoms with Crippen molar-refractivity contribution in [1.82, 2.24) is 4.31 Å². The van der Waals surface area contributed by atoms with E-state index in [2.05, 4.69) is 6.58 Å². The summed E-state index contributed by atoms with van der Waals surface area (Å²) in [6.07, 6.45) is 0.708. The Bertz CT molecular complexity index is 829. The van der Waals surface area contributed by atoms with Gasteiger partial charge in [0.2, 0.25) is 10.0 Å². The van der Waals surface area contributed by atoms with Crippen LogP contribution in [0, 0.1) is 0 Å². The van der Waals surface area contributed by atoms with Gasteiger partial charge in [-0.15, -0.1) is 6.58 Å². The molecule has 0 aliphatic heterocycles. The fourth-order valence-electron chi connectivity index (χ4n) is 2.90. The highest BCUT2D eigenvalue weighted by atomic mass is 32.2. The minimum Gasteiger partial charge on any atom is -0.497 e. The van der Waals surface area contributed by atoms with Crippen LogP contribution in [0.4, 0.5) is 0 Å². The second kappa shape index (κ2) is 10.4. The number of hydrogen-bond acceptors (Lipinski definition) is 5. The van der Waals surface area contributed by atoms with Gasteiger partial charge < -0.3 is 14.6 Å². The first-order chi connectivity index (χ1) is 13.8. The molecular weight excluding hydrogens is 390 g/mol. The van der Waals surface area contributed by atoms with Crippen LogP contribution in [0.15, 0.2) is 61.2 Å². The molecule has 6 nitrogen and oxygen atoms in total. The maximum atomic E-state index is 13.3. The Labute approximate surface area is 173 Å². The zero-order valence-electron chi connectivity index (χ0n) is 17.1. The summed E-state index contributed by atoms with van der Waals surface area (Å²) in [4.78, 5) is 0. The number of nitrogens with zero attached hydrogens (tertiary/aromatic N) is 1. The van der Waals surface area contributed by atoms with E-state index in [1.54, 1.807) is 38.5 Å². The molecule has 0 radical (unpaired) electrons. The fraction of sp³-hybridized carbons (Fsp3) is 0.364. The molecule has 0 fully saturated rings. The molecule has 2 aromatic rings. The van der Waals surface area contributed by atoms with E-state index in [0.29, 0.717) is 11.5 Å². The van der Waals surface area contributed by atoms with Gasteiger partial charge in [0, 0.05) is 13.1 Å². The molecule has 29 heavy (non-hydrogen) atoms. The second-order valence-electron chi connectivity index (χ2n) is 6.81. The van der Waals surface area contributed by atoms with Gasteiger partial charge in [0.1, 0.15) is 11.5 Å². The molecular formula is C22H29NO5S. The van der Waals surface area contributed by atoms with E-state index in [4.69, 9.17) is 9.47 Å². The van der Waals surface area contributed by atoms with Crippen molar-refractivity contribution in [2.45, 2.75) is 37.8 Å². The quantitative estimate of drug-likeness (QED) is 0.565. The standard InChI is InChI=1S/C22H29NO5S/c1-5-6-22(24)17(2)29(25,26)23(15-18-7-11-20(27-3)12-8-18)16-19-9-13-21(28-4)14-10-19/h5,7-14,17,22,24H,1,6,15-16H2,2-4H3/t17-,22+/m0/s1. The Hall–Kier alpha value is -2.35. The Balaban J connectivity index is 2.32. The van der Waals surface area contributed by atoms with Crippen molar-refractivity contribution < 1.29 is 23.0 Å². The number of benzene rings is 2. The number of ether oxygens (including phenoxy) is 2. The van der Waals surface area contributed by atoms with Gasteiger partial charge in [0.05, 0.1) is 25.6 Å². The zero-order chi connectivity index (χ0) is 21.4. The Morgan fingerprint density at radius 1 is 0.966 bits per heavy atom. The largest absolute Gasteiger partial charge is 0.497 e. The van der Waals surface area contributed by atoms with Crippen LogP contribution in [-0.4, -0.2) is 43.4 Å². The summed E-state index contributed by atoms with van der Waals surface area (Å²) < 4.78 is 38.3. The highest BCUT2D eigenvalue weighted by Crippen LogP contribution is 2.23. The molecule has 0 aromatic heterocycles. The number of hydrogen-bond donors (Lipinski definition) is 1. The van der Waals surface area contributed by atoms with Gasteiger partial charge in [-0.2, -0.15) is 4.31 Å². The van der Waals surface area contributed by atoms with E-state index < -0.39 is 21.4 Å². The third-order valence-corrected chi connectivity index (χ3v) is 7.05. The summed E-state index contributed by atoms with van der Waals surface area (Å²) in [5.74, 6) is 1.40. The molecule has 0 amide bonds. The Kier molecular flexibility index (Phi) is 8.25. The van der Waals surface area contributed by atoms with Crippen LogP contribution in [0.25, 0.3) is 0 Å². The van der Waals surface area contributed by atoms with Crippen molar-refractivity contribution >= 4 is 10.0 Å². The molecule has 0 unspecified atom stereocenters. The number of aliphatic hydroxyl groups excluding tert-OH is 1. The van der Waals surface area contributed by atoms with Crippen molar-refractivity contribution in [2.75, 3.05) is 14.2 Å². The van der Waals surface area contributed by atoms with Crippen LogP contribution in [0.2, 0.25) is 0 Å². The number of sulfonamides is 1. The third-order valence-electron chi connectivity index (χ3n) is 4.82. The molecule has 0 heterocycles. The Morgan fingerprint density at radius 3 is 1.72 bits per heavy atom. The van der Waals surface area contributed by atoms with E-state index in [1.165, 1.54) is 17.3 Å². The summed E-state index contributed by atoms with van der Waals surface area (Å²) in [6, 6.07) is 14.5. The number of methoxy groups -OCH3 is 2. The van der Waals surface area contributed by atoms with E-state index >= 15 is 0 Å². The van der Waals surface area contributed by atoms with Crippen molar-refractivity contribution in [1.29, 1.82) is 0 Å². The smallest absolute Gasteiger partial charge is 0.219 e. The molecule has 0 saturated carbocycles. The van der Waals surface area contributed by atoms with Gasteiger partial charge in [-0.05, 0) is 48.7 Å². The third kappa shape index (κ3) is 6.06. The zero-order valence-corrected chi connectivity index (χ0v) is 17.9. The van der Waals surface area contributed by atoms with E-state index in [1.807, 2.05) is 24.3 Å². The number of rotatable bonds is 11. The maximum absolute atomic E-state index is 13.3. The lowest BCUT2D eigenvalue weighted by Gasteiger charge is -2.28. The van der Waals surface area contributed by atoms with Crippen LogP contribution < -0.4 is 9.47 Å². The molecule has 0 saturated heterocycles. The van der Waals surface area contributed by atoms with Crippen LogP contribution in [0.3, 0.4) is 0 Å². The summed E-state index contributed by atoms with van der Waals surface area (Å²) in [7, 11) is -0.614. The van der Waals surface area contributed by atoms with E-state index in [9.17, 15) is 13.5 Å². The van der Waals surface area contributed by atoms with Gasteiger partial charge in [-0.1, -0.05) is 30.3 Å². The molecule has 0 spiro atoms. The second-order valence-corrected chi connectivity index (χ2v) is 9.10. The highest BCUT2D eigenvalue weighted by Gasteiger charge is 2.33. The van der Waals surface area contributed by atoms with Crippen molar-refractivity contribution in [3.05, 3.63) is 72.3 Å². The minimum absolute atomic E-state index is 0.184. The number of aliphatic hydroxyl groups is 1. The predicted octanol–water partition coefficient (Wildman–Crippen LogP) is 3.36. The normalized spacial score (nSPS) is 13.7. The van der Waals surface area contributed by atoms with Gasteiger partial charge in [-0.25, -0.2) is 8.42 Å². The Morgan fingerprint density at radius 2 is 1.38 bits per heavy atom. The van der Waals surface area contributed by atoms with Crippen LogP contribution >= 0.6 is 0 Å². The first kappa shape index (κ1) is 22.9. The average molecular weight is 420 g/mol. The van der Waals surface area contributed by atoms with Crippen LogP contribution in [0.5, 0.6) is 11.5 Å². The topological polar surface area (TPSA) is 76.1 Å². The SMILES string of the molecule is C=CC[C@@H](O)[C@H](C)S(=O)(=O)N(Cc1ccc(OC)cc1)Cc1ccc(OC)cc1. The van der Waals surface area contributed by atoms with Crippen molar-refractivity contribution in [2.24, 2.45) is 0 Å². The summed E-state index contributed by atoms with van der Waals surface area (Å²) in [5, 5.41) is 9.30. The molecule has 0 aliphatic carbocycles.